The minimum atomic E-state index is -2.29. The van der Waals surface area contributed by atoms with E-state index in [4.69, 9.17) is 14.9 Å². The number of benzene rings is 2. The number of nitrogens with zero attached hydrogens (tertiary/aromatic N) is 6. The number of halogens is 2. The van der Waals surface area contributed by atoms with E-state index in [2.05, 4.69) is 47.6 Å². The Kier molecular flexibility index (Phi) is 4.95. The van der Waals surface area contributed by atoms with Crippen LogP contribution in [0.5, 0.6) is 0 Å². The highest BCUT2D eigenvalue weighted by Crippen LogP contribution is 2.77. The monoisotopic (exact) mass is 512 g/mol. The van der Waals surface area contributed by atoms with Crippen molar-refractivity contribution in [1.82, 2.24) is 14.0 Å². The lowest BCUT2D eigenvalue weighted by molar-refractivity contribution is 0.588. The molecule has 2 heterocycles. The first-order chi connectivity index (χ1) is 12.5. The Bertz CT molecular complexity index is 934. The molecule has 0 spiro atoms. The van der Waals surface area contributed by atoms with Gasteiger partial charge in [-0.3, -0.25) is 0 Å². The summed E-state index contributed by atoms with van der Waals surface area (Å²) in [6.07, 6.45) is 0. The first-order valence-corrected chi connectivity index (χ1v) is 14.8. The van der Waals surface area contributed by atoms with Gasteiger partial charge in [0.25, 0.3) is 0 Å². The number of hydrazone groups is 2. The first-order valence-electron chi connectivity index (χ1n) is 7.85. The van der Waals surface area contributed by atoms with Crippen molar-refractivity contribution in [2.24, 2.45) is 14.9 Å². The molecule has 134 valence electrons. The topological polar surface area (TPSA) is 46.8 Å². The van der Waals surface area contributed by atoms with Crippen molar-refractivity contribution in [2.75, 3.05) is 14.1 Å². The third-order valence-corrected chi connectivity index (χ3v) is 14.8. The van der Waals surface area contributed by atoms with Crippen LogP contribution < -0.4 is 0 Å². The van der Waals surface area contributed by atoms with E-state index in [0.29, 0.717) is 0 Å². The predicted octanol–water partition coefficient (Wildman–Crippen LogP) is 5.87. The molecule has 0 fully saturated rings. The second kappa shape index (κ2) is 7.08. The van der Waals surface area contributed by atoms with E-state index in [9.17, 15) is 0 Å². The molecule has 4 rings (SSSR count). The van der Waals surface area contributed by atoms with E-state index in [1.54, 1.807) is 0 Å². The summed E-state index contributed by atoms with van der Waals surface area (Å²) in [4.78, 5) is 0. The summed E-state index contributed by atoms with van der Waals surface area (Å²) >= 11 is 7.76. The fourth-order valence-corrected chi connectivity index (χ4v) is 12.9. The van der Waals surface area contributed by atoms with E-state index in [0.717, 1.165) is 22.8 Å². The van der Waals surface area contributed by atoms with Crippen LogP contribution in [0.2, 0.25) is 0 Å². The highest BCUT2D eigenvalue weighted by molar-refractivity contribution is 9.42. The van der Waals surface area contributed by atoms with Crippen molar-refractivity contribution in [2.45, 2.75) is 0 Å². The highest BCUT2D eigenvalue weighted by Gasteiger charge is 2.46. The molecule has 2 aromatic rings. The van der Waals surface area contributed by atoms with E-state index in [-0.39, 0.29) is 0 Å². The molecule has 0 saturated heterocycles. The summed E-state index contributed by atoms with van der Waals surface area (Å²) in [5.41, 5.74) is 2.06. The van der Waals surface area contributed by atoms with Crippen LogP contribution in [0.1, 0.15) is 11.1 Å². The quantitative estimate of drug-likeness (QED) is 0.482. The Hall–Kier alpha value is -1.20. The second-order valence-electron chi connectivity index (χ2n) is 5.68. The predicted molar refractivity (Wildman–Crippen MR) is 117 cm³/mol. The van der Waals surface area contributed by atoms with Crippen LogP contribution >= 0.6 is 44.0 Å². The van der Waals surface area contributed by atoms with Gasteiger partial charge in [0, 0.05) is 40.7 Å². The second-order valence-corrected chi connectivity index (χ2v) is 14.4. The summed E-state index contributed by atoms with van der Waals surface area (Å²) in [6, 6.07) is 17.9. The van der Waals surface area contributed by atoms with E-state index < -0.39 is 13.0 Å². The molecular weight excluding hydrogens is 498 g/mol. The van der Waals surface area contributed by atoms with Crippen molar-refractivity contribution in [3.8, 4) is 0 Å². The molecular formula is C16H16Br2N6P2. The SMILES string of the molecule is CN1N=C(c2ccccc2)N(P2(Br)=NC(c3ccccc3)=NN2C)P1Br. The summed E-state index contributed by atoms with van der Waals surface area (Å²) in [5, 5.41) is 9.47. The molecule has 2 atom stereocenters. The Morgan fingerprint density at radius 3 is 2.08 bits per heavy atom. The third-order valence-electron chi connectivity index (χ3n) is 3.96. The Balaban J connectivity index is 1.79. The lowest BCUT2D eigenvalue weighted by atomic mass is 10.2. The molecule has 0 N–H and O–H groups in total. The van der Waals surface area contributed by atoms with Gasteiger partial charge in [0.1, 0.15) is 0 Å². The van der Waals surface area contributed by atoms with Crippen LogP contribution in [0.15, 0.2) is 75.6 Å². The van der Waals surface area contributed by atoms with Gasteiger partial charge in [0.05, 0.1) is 0 Å². The molecule has 0 bridgehead atoms. The van der Waals surface area contributed by atoms with Crippen LogP contribution in [0.3, 0.4) is 0 Å². The van der Waals surface area contributed by atoms with Crippen molar-refractivity contribution in [3.05, 3.63) is 71.8 Å². The van der Waals surface area contributed by atoms with Crippen LogP contribution in [0, 0.1) is 0 Å². The van der Waals surface area contributed by atoms with Gasteiger partial charge in [-0.2, -0.15) is 14.9 Å². The molecule has 0 saturated carbocycles. The van der Waals surface area contributed by atoms with Crippen molar-refractivity contribution in [3.63, 3.8) is 0 Å². The van der Waals surface area contributed by atoms with Gasteiger partial charge in [0.2, 0.25) is 6.06 Å². The van der Waals surface area contributed by atoms with Crippen LogP contribution in [0.25, 0.3) is 0 Å². The minimum Gasteiger partial charge on any atom is -0.247 e. The van der Waals surface area contributed by atoms with E-state index in [1.807, 2.05) is 72.2 Å². The summed E-state index contributed by atoms with van der Waals surface area (Å²) < 4.78 is 11.1. The van der Waals surface area contributed by atoms with E-state index >= 15 is 0 Å². The molecule has 2 aliphatic heterocycles. The van der Waals surface area contributed by atoms with Crippen molar-refractivity contribution < 1.29 is 0 Å². The van der Waals surface area contributed by atoms with Crippen molar-refractivity contribution in [1.29, 1.82) is 0 Å². The van der Waals surface area contributed by atoms with Gasteiger partial charge in [-0.25, -0.2) is 14.0 Å². The van der Waals surface area contributed by atoms with Crippen molar-refractivity contribution >= 4 is 55.6 Å². The largest absolute Gasteiger partial charge is 0.247 e. The summed E-state index contributed by atoms with van der Waals surface area (Å²) in [5.74, 6) is 1.62. The standard InChI is InChI=1S/C16H16Br2N6P2/c1-22-20-16(14-11-7-4-8-12-14)24(25(22)17)26(18)21-15(19-23(26)2)13-9-5-3-6-10-13/h3-12H,1-2H3. The minimum absolute atomic E-state index is 0.733. The lowest BCUT2D eigenvalue weighted by Gasteiger charge is -2.34. The smallest absolute Gasteiger partial charge is 0.239 e. The van der Waals surface area contributed by atoms with Gasteiger partial charge in [-0.1, -0.05) is 60.7 Å². The van der Waals surface area contributed by atoms with Gasteiger partial charge in [-0.15, -0.1) is 0 Å². The van der Waals surface area contributed by atoms with Crippen LogP contribution in [0.4, 0.5) is 0 Å². The Morgan fingerprint density at radius 1 is 0.885 bits per heavy atom. The Morgan fingerprint density at radius 2 is 1.46 bits per heavy atom. The van der Waals surface area contributed by atoms with Crippen LogP contribution in [-0.4, -0.2) is 39.8 Å². The molecule has 2 aliphatic rings. The summed E-state index contributed by atoms with van der Waals surface area (Å²) in [6.45, 7) is -0.858. The maximum Gasteiger partial charge on any atom is 0.239 e. The van der Waals surface area contributed by atoms with Gasteiger partial charge >= 0.3 is 0 Å². The number of amidine groups is 2. The zero-order valence-electron chi connectivity index (χ0n) is 14.1. The van der Waals surface area contributed by atoms with E-state index in [1.165, 1.54) is 0 Å². The van der Waals surface area contributed by atoms with Gasteiger partial charge in [0.15, 0.2) is 18.6 Å². The lowest BCUT2D eigenvalue weighted by Crippen LogP contribution is -2.22. The third kappa shape index (κ3) is 3.03. The molecule has 26 heavy (non-hydrogen) atoms. The fourth-order valence-electron chi connectivity index (χ4n) is 2.66. The maximum atomic E-state index is 5.02. The molecule has 10 heteroatoms. The molecule has 2 aromatic carbocycles. The zero-order valence-corrected chi connectivity index (χ0v) is 19.1. The highest BCUT2D eigenvalue weighted by atomic mass is 79.9. The molecule has 0 amide bonds. The number of hydrogen-bond acceptors (Lipinski definition) is 6. The summed E-state index contributed by atoms with van der Waals surface area (Å²) in [7, 11) is 3.93. The number of rotatable bonds is 3. The number of hydrogen-bond donors (Lipinski definition) is 0. The molecule has 0 radical (unpaired) electrons. The van der Waals surface area contributed by atoms with Gasteiger partial charge in [-0.05, 0) is 15.5 Å². The molecule has 2 unspecified atom stereocenters. The average molecular weight is 514 g/mol. The first kappa shape index (κ1) is 18.2. The maximum absolute atomic E-state index is 5.02. The average Bonchev–Trinajstić information content (AvgIpc) is 3.14. The Labute approximate surface area is 170 Å². The fraction of sp³-hybridized carbons (Fsp3) is 0.125. The molecule has 0 aromatic heterocycles. The van der Waals surface area contributed by atoms with Crippen LogP contribution in [-0.2, 0) is 0 Å². The molecule has 6 nitrogen and oxygen atoms in total. The molecule has 0 aliphatic carbocycles. The zero-order chi connectivity index (χ0) is 18.3. The van der Waals surface area contributed by atoms with Gasteiger partial charge < -0.3 is 0 Å². The normalized spacial score (nSPS) is 25.2.